The van der Waals surface area contributed by atoms with Gasteiger partial charge in [0.1, 0.15) is 5.75 Å². The second-order valence-electron chi connectivity index (χ2n) is 6.46. The number of phenols is 1. The molecule has 124 valence electrons. The van der Waals surface area contributed by atoms with Gasteiger partial charge in [-0.25, -0.2) is 0 Å². The summed E-state index contributed by atoms with van der Waals surface area (Å²) in [7, 11) is 0. The molecule has 0 heterocycles. The highest BCUT2D eigenvalue weighted by Gasteiger charge is 2.13. The lowest BCUT2D eigenvalue weighted by Crippen LogP contribution is -2.01. The van der Waals surface area contributed by atoms with Crippen LogP contribution in [0.5, 0.6) is 5.75 Å². The minimum absolute atomic E-state index is 0.344. The number of phenolic OH excluding ortho intramolecular Hbond substituents is 1. The van der Waals surface area contributed by atoms with Gasteiger partial charge in [-0.15, -0.1) is 0 Å². The highest BCUT2D eigenvalue weighted by Crippen LogP contribution is 2.31. The van der Waals surface area contributed by atoms with Crippen molar-refractivity contribution >= 4 is 0 Å². The monoisotopic (exact) mass is 310 g/mol. The van der Waals surface area contributed by atoms with Crippen molar-refractivity contribution in [3.8, 4) is 5.75 Å². The molecular weight excluding hydrogens is 280 g/mol. The van der Waals surface area contributed by atoms with Crippen LogP contribution in [-0.2, 0) is 0 Å². The smallest absolute Gasteiger partial charge is 0.115 e. The summed E-state index contributed by atoms with van der Waals surface area (Å²) >= 11 is 0. The van der Waals surface area contributed by atoms with Crippen LogP contribution in [-0.4, -0.2) is 5.11 Å². The molecule has 0 aliphatic heterocycles. The fourth-order valence-electron chi connectivity index (χ4n) is 3.22. The van der Waals surface area contributed by atoms with Gasteiger partial charge in [0.25, 0.3) is 0 Å². The Bertz CT molecular complexity index is 530. The normalized spacial score (nSPS) is 12.2. The Labute approximate surface area is 141 Å². The van der Waals surface area contributed by atoms with Gasteiger partial charge in [0.15, 0.2) is 0 Å². The summed E-state index contributed by atoms with van der Waals surface area (Å²) in [5, 5.41) is 9.53. The van der Waals surface area contributed by atoms with Crippen molar-refractivity contribution in [3.63, 3.8) is 0 Å². The lowest BCUT2D eigenvalue weighted by Gasteiger charge is -2.18. The largest absolute Gasteiger partial charge is 0.508 e. The first-order chi connectivity index (χ1) is 11.3. The number of hydrogen-bond acceptors (Lipinski definition) is 1. The Balaban J connectivity index is 1.91. The Morgan fingerprint density at radius 3 is 1.91 bits per heavy atom. The number of benzene rings is 2. The lowest BCUT2D eigenvalue weighted by molar-refractivity contribution is 0.474. The molecule has 2 aromatic carbocycles. The van der Waals surface area contributed by atoms with E-state index in [2.05, 4.69) is 49.4 Å². The fraction of sp³-hybridized carbons (Fsp3) is 0.455. The number of unbranched alkanes of at least 4 members (excludes halogenated alkanes) is 6. The van der Waals surface area contributed by atoms with E-state index in [-0.39, 0.29) is 0 Å². The maximum atomic E-state index is 9.53. The number of rotatable bonds is 10. The summed E-state index contributed by atoms with van der Waals surface area (Å²) in [6, 6.07) is 18.5. The maximum Gasteiger partial charge on any atom is 0.115 e. The van der Waals surface area contributed by atoms with Gasteiger partial charge in [0, 0.05) is 5.92 Å². The highest BCUT2D eigenvalue weighted by molar-refractivity contribution is 5.35. The lowest BCUT2D eigenvalue weighted by atomic mass is 9.86. The van der Waals surface area contributed by atoms with Crippen LogP contribution in [0.4, 0.5) is 0 Å². The van der Waals surface area contributed by atoms with E-state index in [0.29, 0.717) is 11.7 Å². The molecule has 1 N–H and O–H groups in total. The van der Waals surface area contributed by atoms with E-state index in [1.165, 1.54) is 62.5 Å². The SMILES string of the molecule is CCCCCCCCCC(c1ccccc1)c1ccc(O)cc1. The molecule has 23 heavy (non-hydrogen) atoms. The van der Waals surface area contributed by atoms with E-state index in [1.54, 1.807) is 12.1 Å². The predicted molar refractivity (Wildman–Crippen MR) is 99.0 cm³/mol. The van der Waals surface area contributed by atoms with Crippen LogP contribution in [0, 0.1) is 0 Å². The van der Waals surface area contributed by atoms with Crippen molar-refractivity contribution in [2.45, 2.75) is 64.2 Å². The van der Waals surface area contributed by atoms with Gasteiger partial charge in [-0.2, -0.15) is 0 Å². The van der Waals surface area contributed by atoms with Gasteiger partial charge in [-0.1, -0.05) is 94.3 Å². The minimum atomic E-state index is 0.344. The molecule has 0 aromatic heterocycles. The van der Waals surface area contributed by atoms with E-state index in [4.69, 9.17) is 0 Å². The van der Waals surface area contributed by atoms with Crippen LogP contribution < -0.4 is 0 Å². The van der Waals surface area contributed by atoms with Gasteiger partial charge in [0.05, 0.1) is 0 Å². The van der Waals surface area contributed by atoms with Crippen molar-refractivity contribution in [1.29, 1.82) is 0 Å². The van der Waals surface area contributed by atoms with Crippen molar-refractivity contribution in [2.75, 3.05) is 0 Å². The minimum Gasteiger partial charge on any atom is -0.508 e. The average molecular weight is 310 g/mol. The summed E-state index contributed by atoms with van der Waals surface area (Å²) in [4.78, 5) is 0. The molecule has 0 radical (unpaired) electrons. The van der Waals surface area contributed by atoms with Crippen LogP contribution in [0.25, 0.3) is 0 Å². The van der Waals surface area contributed by atoms with Gasteiger partial charge in [-0.3, -0.25) is 0 Å². The molecule has 1 atom stereocenters. The van der Waals surface area contributed by atoms with E-state index in [1.807, 2.05) is 0 Å². The van der Waals surface area contributed by atoms with Crippen LogP contribution in [0.3, 0.4) is 0 Å². The average Bonchev–Trinajstić information content (AvgIpc) is 2.59. The Morgan fingerprint density at radius 2 is 1.26 bits per heavy atom. The Hall–Kier alpha value is -1.76. The summed E-state index contributed by atoms with van der Waals surface area (Å²) in [6.07, 6.45) is 10.6. The molecule has 1 heteroatoms. The number of hydrogen-bond donors (Lipinski definition) is 1. The molecule has 0 aliphatic rings. The molecular formula is C22H30O. The molecule has 0 saturated carbocycles. The molecule has 0 bridgehead atoms. The second kappa shape index (κ2) is 10.1. The van der Waals surface area contributed by atoms with Crippen LogP contribution in [0.2, 0.25) is 0 Å². The number of aromatic hydroxyl groups is 1. The first kappa shape index (κ1) is 17.6. The first-order valence-corrected chi connectivity index (χ1v) is 9.15. The fourth-order valence-corrected chi connectivity index (χ4v) is 3.22. The second-order valence-corrected chi connectivity index (χ2v) is 6.46. The van der Waals surface area contributed by atoms with Crippen molar-refractivity contribution in [3.05, 3.63) is 65.7 Å². The third kappa shape index (κ3) is 6.09. The van der Waals surface area contributed by atoms with E-state index in [9.17, 15) is 5.11 Å². The molecule has 1 nitrogen and oxygen atoms in total. The zero-order chi connectivity index (χ0) is 16.3. The summed E-state index contributed by atoms with van der Waals surface area (Å²) in [5.74, 6) is 0.781. The van der Waals surface area contributed by atoms with Gasteiger partial charge in [-0.05, 0) is 29.7 Å². The molecule has 0 aliphatic carbocycles. The molecule has 2 aromatic rings. The topological polar surface area (TPSA) is 20.2 Å². The van der Waals surface area contributed by atoms with Crippen LogP contribution in [0.15, 0.2) is 54.6 Å². The summed E-state index contributed by atoms with van der Waals surface area (Å²) in [6.45, 7) is 2.27. The first-order valence-electron chi connectivity index (χ1n) is 9.15. The maximum absolute atomic E-state index is 9.53. The Morgan fingerprint density at radius 1 is 0.696 bits per heavy atom. The zero-order valence-electron chi connectivity index (χ0n) is 14.4. The third-order valence-corrected chi connectivity index (χ3v) is 4.59. The van der Waals surface area contributed by atoms with Crippen molar-refractivity contribution < 1.29 is 5.11 Å². The van der Waals surface area contributed by atoms with Gasteiger partial charge >= 0.3 is 0 Å². The molecule has 0 amide bonds. The molecule has 0 fully saturated rings. The van der Waals surface area contributed by atoms with Crippen LogP contribution in [0.1, 0.15) is 75.3 Å². The van der Waals surface area contributed by atoms with Crippen molar-refractivity contribution in [2.24, 2.45) is 0 Å². The Kier molecular flexibility index (Phi) is 7.72. The molecule has 0 spiro atoms. The van der Waals surface area contributed by atoms with Gasteiger partial charge in [0.2, 0.25) is 0 Å². The van der Waals surface area contributed by atoms with E-state index < -0.39 is 0 Å². The van der Waals surface area contributed by atoms with Crippen molar-refractivity contribution in [1.82, 2.24) is 0 Å². The standard InChI is InChI=1S/C22H30O/c1-2-3-4-5-6-7-11-14-22(19-12-9-8-10-13-19)20-15-17-21(23)18-16-20/h8-10,12-13,15-18,22-23H,2-7,11,14H2,1H3. The van der Waals surface area contributed by atoms with E-state index in [0.717, 1.165) is 0 Å². The third-order valence-electron chi connectivity index (χ3n) is 4.59. The molecule has 0 saturated heterocycles. The molecule has 2 rings (SSSR count). The molecule has 1 unspecified atom stereocenters. The van der Waals surface area contributed by atoms with Gasteiger partial charge < -0.3 is 5.11 Å². The highest BCUT2D eigenvalue weighted by atomic mass is 16.3. The summed E-state index contributed by atoms with van der Waals surface area (Å²) in [5.41, 5.74) is 2.68. The summed E-state index contributed by atoms with van der Waals surface area (Å²) < 4.78 is 0. The predicted octanol–water partition coefficient (Wildman–Crippen LogP) is 6.66. The van der Waals surface area contributed by atoms with Crippen LogP contribution >= 0.6 is 0 Å². The quantitative estimate of drug-likeness (QED) is 0.486. The van der Waals surface area contributed by atoms with E-state index >= 15 is 0 Å². The zero-order valence-corrected chi connectivity index (χ0v) is 14.4.